The Hall–Kier alpha value is -1.75. The average molecular weight is 278 g/mol. The fraction of sp³-hybridized carbons (Fsp3) is 0.533. The van der Waals surface area contributed by atoms with E-state index in [1.54, 1.807) is 0 Å². The first kappa shape index (κ1) is 16.3. The van der Waals surface area contributed by atoms with Gasteiger partial charge in [0.2, 0.25) is 0 Å². The van der Waals surface area contributed by atoms with Gasteiger partial charge in [-0.2, -0.15) is 0 Å². The molecule has 5 nitrogen and oxygen atoms in total. The summed E-state index contributed by atoms with van der Waals surface area (Å²) >= 11 is 0. The highest BCUT2D eigenvalue weighted by molar-refractivity contribution is 5.73. The van der Waals surface area contributed by atoms with Crippen LogP contribution in [0.25, 0.3) is 0 Å². The van der Waals surface area contributed by atoms with Crippen LogP contribution in [0.4, 0.5) is 10.5 Å². The monoisotopic (exact) mass is 278 g/mol. The van der Waals surface area contributed by atoms with E-state index in [0.29, 0.717) is 13.1 Å². The molecule has 0 aliphatic rings. The zero-order valence-corrected chi connectivity index (χ0v) is 12.7. The smallest absolute Gasteiger partial charge is 0.314 e. The number of carbonyl (C=O) groups is 1. The van der Waals surface area contributed by atoms with E-state index in [0.717, 1.165) is 30.6 Å². The number of nitrogens with zero attached hydrogens (tertiary/aromatic N) is 1. The Labute approximate surface area is 121 Å². The van der Waals surface area contributed by atoms with E-state index < -0.39 is 0 Å². The van der Waals surface area contributed by atoms with Gasteiger partial charge in [-0.25, -0.2) is 4.79 Å². The fourth-order valence-electron chi connectivity index (χ4n) is 1.95. The minimum absolute atomic E-state index is 0.116. The van der Waals surface area contributed by atoms with Gasteiger partial charge >= 0.3 is 6.03 Å². The summed E-state index contributed by atoms with van der Waals surface area (Å²) in [6.07, 6.45) is 1.68. The Bertz CT molecular complexity index is 432. The summed E-state index contributed by atoms with van der Waals surface area (Å²) in [6, 6.07) is 6.02. The highest BCUT2D eigenvalue weighted by Crippen LogP contribution is 2.15. The molecule has 0 heterocycles. The van der Waals surface area contributed by atoms with Gasteiger partial charge in [0.15, 0.2) is 0 Å². The van der Waals surface area contributed by atoms with Gasteiger partial charge in [0.05, 0.1) is 0 Å². The molecule has 0 unspecified atom stereocenters. The molecule has 0 saturated heterocycles. The molecule has 0 atom stereocenters. The van der Waals surface area contributed by atoms with Crippen LogP contribution in [0.3, 0.4) is 0 Å². The van der Waals surface area contributed by atoms with Crippen molar-refractivity contribution in [1.82, 2.24) is 15.5 Å². The lowest BCUT2D eigenvalue weighted by atomic mass is 10.1. The molecule has 0 bridgehead atoms. The third kappa shape index (κ3) is 5.93. The largest absolute Gasteiger partial charge is 0.398 e. The Balaban J connectivity index is 2.42. The first-order valence-corrected chi connectivity index (χ1v) is 7.06. The first-order valence-electron chi connectivity index (χ1n) is 7.06. The second-order valence-electron chi connectivity index (χ2n) is 5.20. The summed E-state index contributed by atoms with van der Waals surface area (Å²) in [5.74, 6) is 0. The molecule has 0 spiro atoms. The molecule has 0 radical (unpaired) electrons. The Morgan fingerprint density at radius 2 is 1.95 bits per heavy atom. The van der Waals surface area contributed by atoms with Gasteiger partial charge in [-0.15, -0.1) is 0 Å². The van der Waals surface area contributed by atoms with E-state index >= 15 is 0 Å². The van der Waals surface area contributed by atoms with Gasteiger partial charge in [0, 0.05) is 25.3 Å². The van der Waals surface area contributed by atoms with Crippen LogP contribution in [-0.2, 0) is 13.0 Å². The van der Waals surface area contributed by atoms with Crippen molar-refractivity contribution >= 4 is 11.7 Å². The van der Waals surface area contributed by atoms with Crippen LogP contribution in [0, 0.1) is 0 Å². The Morgan fingerprint density at radius 1 is 1.25 bits per heavy atom. The van der Waals surface area contributed by atoms with Gasteiger partial charge in [0.25, 0.3) is 0 Å². The number of benzene rings is 1. The SMILES string of the molecule is CCCNC(=O)NCCc1ccc(CN(C)C)cc1N. The normalized spacial score (nSPS) is 10.6. The molecule has 0 saturated carbocycles. The maximum Gasteiger partial charge on any atom is 0.314 e. The van der Waals surface area contributed by atoms with Gasteiger partial charge in [0.1, 0.15) is 0 Å². The van der Waals surface area contributed by atoms with Crippen LogP contribution in [0.15, 0.2) is 18.2 Å². The van der Waals surface area contributed by atoms with Gasteiger partial charge in [-0.3, -0.25) is 0 Å². The molecule has 0 fully saturated rings. The molecular formula is C15H26N4O. The van der Waals surface area contributed by atoms with Crippen LogP contribution in [0.5, 0.6) is 0 Å². The number of nitrogens with two attached hydrogens (primary N) is 1. The quantitative estimate of drug-likeness (QED) is 0.663. The van der Waals surface area contributed by atoms with E-state index in [9.17, 15) is 4.79 Å². The summed E-state index contributed by atoms with van der Waals surface area (Å²) < 4.78 is 0. The van der Waals surface area contributed by atoms with E-state index in [-0.39, 0.29) is 6.03 Å². The summed E-state index contributed by atoms with van der Waals surface area (Å²) in [4.78, 5) is 13.5. The summed E-state index contributed by atoms with van der Waals surface area (Å²) in [7, 11) is 4.06. The van der Waals surface area contributed by atoms with Crippen molar-refractivity contribution in [3.63, 3.8) is 0 Å². The summed E-state index contributed by atoms with van der Waals surface area (Å²) in [6.45, 7) is 4.19. The molecule has 0 aromatic heterocycles. The van der Waals surface area contributed by atoms with Crippen LogP contribution < -0.4 is 16.4 Å². The van der Waals surface area contributed by atoms with Crippen molar-refractivity contribution in [2.45, 2.75) is 26.3 Å². The molecule has 5 heteroatoms. The second kappa shape index (κ2) is 8.43. The number of carbonyl (C=O) groups excluding carboxylic acids is 1. The van der Waals surface area contributed by atoms with Crippen molar-refractivity contribution in [3.8, 4) is 0 Å². The van der Waals surface area contributed by atoms with Gasteiger partial charge in [-0.1, -0.05) is 19.1 Å². The highest BCUT2D eigenvalue weighted by atomic mass is 16.2. The average Bonchev–Trinajstić information content (AvgIpc) is 2.38. The topological polar surface area (TPSA) is 70.4 Å². The lowest BCUT2D eigenvalue weighted by Gasteiger charge is -2.12. The Kier molecular flexibility index (Phi) is 6.87. The molecule has 1 aromatic carbocycles. The predicted molar refractivity (Wildman–Crippen MR) is 83.6 cm³/mol. The standard InChI is InChI=1S/C15H26N4O/c1-4-8-17-15(20)18-9-7-13-6-5-12(10-14(13)16)11-19(2)3/h5-6,10H,4,7-9,11,16H2,1-3H3,(H2,17,18,20). The first-order chi connectivity index (χ1) is 9.52. The van der Waals surface area contributed by atoms with Gasteiger partial charge in [-0.05, 0) is 44.1 Å². The van der Waals surface area contributed by atoms with Crippen LogP contribution in [0.2, 0.25) is 0 Å². The second-order valence-corrected chi connectivity index (χ2v) is 5.20. The van der Waals surface area contributed by atoms with Crippen molar-refractivity contribution in [2.24, 2.45) is 0 Å². The van der Waals surface area contributed by atoms with Crippen molar-refractivity contribution < 1.29 is 4.79 Å². The minimum Gasteiger partial charge on any atom is -0.398 e. The molecule has 1 aromatic rings. The van der Waals surface area contributed by atoms with E-state index in [4.69, 9.17) is 5.73 Å². The number of hydrogen-bond donors (Lipinski definition) is 3. The zero-order valence-electron chi connectivity index (χ0n) is 12.7. The predicted octanol–water partition coefficient (Wildman–Crippen LogP) is 1.58. The Morgan fingerprint density at radius 3 is 2.55 bits per heavy atom. The number of urea groups is 1. The maximum absolute atomic E-state index is 11.4. The minimum atomic E-state index is -0.116. The van der Waals surface area contributed by atoms with Crippen LogP contribution >= 0.6 is 0 Å². The molecule has 0 aliphatic carbocycles. The molecule has 20 heavy (non-hydrogen) atoms. The number of rotatable bonds is 7. The zero-order chi connectivity index (χ0) is 15.0. The van der Waals surface area contributed by atoms with E-state index in [1.165, 1.54) is 5.56 Å². The molecule has 112 valence electrons. The number of nitrogen functional groups attached to an aromatic ring is 1. The van der Waals surface area contributed by atoms with Crippen LogP contribution in [-0.4, -0.2) is 38.1 Å². The number of nitrogens with one attached hydrogen (secondary N) is 2. The lowest BCUT2D eigenvalue weighted by Crippen LogP contribution is -2.36. The number of hydrogen-bond acceptors (Lipinski definition) is 3. The molecule has 2 amide bonds. The molecular weight excluding hydrogens is 252 g/mol. The van der Waals surface area contributed by atoms with Crippen LogP contribution in [0.1, 0.15) is 24.5 Å². The summed E-state index contributed by atoms with van der Waals surface area (Å²) in [5, 5.41) is 5.60. The number of amides is 2. The van der Waals surface area contributed by atoms with E-state index in [1.807, 2.05) is 33.2 Å². The maximum atomic E-state index is 11.4. The highest BCUT2D eigenvalue weighted by Gasteiger charge is 2.03. The lowest BCUT2D eigenvalue weighted by molar-refractivity contribution is 0.241. The number of anilines is 1. The molecule has 0 aliphatic heterocycles. The summed E-state index contributed by atoms with van der Waals surface area (Å²) in [5.41, 5.74) is 9.11. The molecule has 1 rings (SSSR count). The fourth-order valence-corrected chi connectivity index (χ4v) is 1.95. The van der Waals surface area contributed by atoms with Crippen molar-refractivity contribution in [1.29, 1.82) is 0 Å². The van der Waals surface area contributed by atoms with Crippen molar-refractivity contribution in [3.05, 3.63) is 29.3 Å². The van der Waals surface area contributed by atoms with Crippen molar-refractivity contribution in [2.75, 3.05) is 32.9 Å². The molecule has 4 N–H and O–H groups in total. The third-order valence-corrected chi connectivity index (χ3v) is 2.92. The van der Waals surface area contributed by atoms with Gasteiger partial charge < -0.3 is 21.3 Å². The third-order valence-electron chi connectivity index (χ3n) is 2.92. The van der Waals surface area contributed by atoms with E-state index in [2.05, 4.69) is 21.6 Å².